The fourth-order valence-corrected chi connectivity index (χ4v) is 3.38. The van der Waals surface area contributed by atoms with Crippen LogP contribution < -0.4 is 5.32 Å². The van der Waals surface area contributed by atoms with E-state index >= 15 is 0 Å². The molecule has 14 heteroatoms. The molecular formula is C18H15F6N7O. The van der Waals surface area contributed by atoms with E-state index in [0.29, 0.717) is 31.3 Å². The van der Waals surface area contributed by atoms with Crippen LogP contribution in [0.15, 0.2) is 24.4 Å². The van der Waals surface area contributed by atoms with Gasteiger partial charge in [-0.25, -0.2) is 9.67 Å². The summed E-state index contributed by atoms with van der Waals surface area (Å²) in [5.41, 5.74) is -2.49. The zero-order valence-electron chi connectivity index (χ0n) is 16.4. The third-order valence-corrected chi connectivity index (χ3v) is 4.89. The first kappa shape index (κ1) is 21.8. The molecule has 0 spiro atoms. The highest BCUT2D eigenvalue weighted by Gasteiger charge is 2.36. The van der Waals surface area contributed by atoms with E-state index in [1.54, 1.807) is 0 Å². The molecule has 3 aromatic heterocycles. The Hall–Kier alpha value is -3.45. The van der Waals surface area contributed by atoms with Gasteiger partial charge in [0.15, 0.2) is 11.5 Å². The standard InChI is InChI=1S/C18H15F6N7O/c1-30-11(8-13(28-30)18(22,23)24)16(32)26-10-3-2-6-31-15(10)27-14(29-31)9-4-5-25-12(7-9)17(19,20)21/h4-5,7-8,10H,2-3,6H2,1H3,(H,26,32). The van der Waals surface area contributed by atoms with Crippen LogP contribution in [0.5, 0.6) is 0 Å². The number of nitrogens with one attached hydrogen (secondary N) is 1. The van der Waals surface area contributed by atoms with Gasteiger partial charge in [0, 0.05) is 31.4 Å². The number of pyridine rings is 1. The van der Waals surface area contributed by atoms with E-state index in [1.165, 1.54) is 17.8 Å². The molecule has 1 aliphatic rings. The van der Waals surface area contributed by atoms with E-state index in [-0.39, 0.29) is 17.1 Å². The van der Waals surface area contributed by atoms with Gasteiger partial charge in [-0.05, 0) is 25.0 Å². The third-order valence-electron chi connectivity index (χ3n) is 4.89. The topological polar surface area (TPSA) is 90.5 Å². The lowest BCUT2D eigenvalue weighted by atomic mass is 10.1. The molecule has 0 radical (unpaired) electrons. The second-order valence-electron chi connectivity index (χ2n) is 7.15. The van der Waals surface area contributed by atoms with Crippen LogP contribution >= 0.6 is 0 Å². The van der Waals surface area contributed by atoms with Crippen molar-refractivity contribution >= 4 is 5.91 Å². The number of aryl methyl sites for hydroxylation is 2. The van der Waals surface area contributed by atoms with Crippen LogP contribution in [0.2, 0.25) is 0 Å². The molecule has 0 fully saturated rings. The number of carbonyl (C=O) groups is 1. The van der Waals surface area contributed by atoms with Gasteiger partial charge in [-0.3, -0.25) is 14.5 Å². The summed E-state index contributed by atoms with van der Waals surface area (Å²) < 4.78 is 79.7. The molecule has 0 aliphatic carbocycles. The van der Waals surface area contributed by atoms with Crippen LogP contribution in [0, 0.1) is 0 Å². The lowest BCUT2D eigenvalue weighted by Crippen LogP contribution is -2.34. The summed E-state index contributed by atoms with van der Waals surface area (Å²) >= 11 is 0. The lowest BCUT2D eigenvalue weighted by molar-refractivity contribution is -0.142. The average molecular weight is 459 g/mol. The van der Waals surface area contributed by atoms with Gasteiger partial charge in [-0.1, -0.05) is 0 Å². The van der Waals surface area contributed by atoms with Crippen molar-refractivity contribution in [2.75, 3.05) is 0 Å². The fourth-order valence-electron chi connectivity index (χ4n) is 3.38. The zero-order chi connectivity index (χ0) is 23.3. The molecule has 4 heterocycles. The number of hydrogen-bond acceptors (Lipinski definition) is 5. The van der Waals surface area contributed by atoms with E-state index in [4.69, 9.17) is 0 Å². The minimum Gasteiger partial charge on any atom is -0.341 e. The van der Waals surface area contributed by atoms with E-state index in [0.717, 1.165) is 16.9 Å². The molecule has 0 saturated carbocycles. The summed E-state index contributed by atoms with van der Waals surface area (Å²) in [6.07, 6.45) is -7.33. The molecule has 1 amide bonds. The molecule has 170 valence electrons. The second kappa shape index (κ2) is 7.60. The molecule has 0 saturated heterocycles. The van der Waals surface area contributed by atoms with Crippen molar-refractivity contribution < 1.29 is 31.1 Å². The maximum absolute atomic E-state index is 13.0. The van der Waals surface area contributed by atoms with E-state index in [9.17, 15) is 31.1 Å². The Labute approximate surface area is 176 Å². The number of hydrogen-bond donors (Lipinski definition) is 1. The second-order valence-corrected chi connectivity index (χ2v) is 7.15. The molecule has 32 heavy (non-hydrogen) atoms. The van der Waals surface area contributed by atoms with E-state index in [1.807, 2.05) is 0 Å². The maximum Gasteiger partial charge on any atom is 0.435 e. The van der Waals surface area contributed by atoms with Gasteiger partial charge in [-0.15, -0.1) is 0 Å². The van der Waals surface area contributed by atoms with Gasteiger partial charge in [0.05, 0.1) is 6.04 Å². The smallest absolute Gasteiger partial charge is 0.341 e. The number of aromatic nitrogens is 6. The van der Waals surface area contributed by atoms with Crippen LogP contribution in [0.4, 0.5) is 26.3 Å². The molecule has 1 atom stereocenters. The van der Waals surface area contributed by atoms with Gasteiger partial charge in [0.25, 0.3) is 5.91 Å². The highest BCUT2D eigenvalue weighted by Crippen LogP contribution is 2.32. The quantitative estimate of drug-likeness (QED) is 0.607. The highest BCUT2D eigenvalue weighted by molar-refractivity contribution is 5.93. The minimum atomic E-state index is -4.70. The third kappa shape index (κ3) is 4.16. The Kier molecular flexibility index (Phi) is 5.17. The van der Waals surface area contributed by atoms with Gasteiger partial charge in [0.1, 0.15) is 17.2 Å². The van der Waals surface area contributed by atoms with Crippen LogP contribution in [-0.4, -0.2) is 35.4 Å². The number of rotatable bonds is 3. The van der Waals surface area contributed by atoms with Crippen LogP contribution in [0.3, 0.4) is 0 Å². The van der Waals surface area contributed by atoms with Crippen molar-refractivity contribution in [3.63, 3.8) is 0 Å². The molecule has 1 aliphatic heterocycles. The largest absolute Gasteiger partial charge is 0.435 e. The van der Waals surface area contributed by atoms with Crippen molar-refractivity contribution in [1.29, 1.82) is 0 Å². The summed E-state index contributed by atoms with van der Waals surface area (Å²) in [6.45, 7) is 0.426. The summed E-state index contributed by atoms with van der Waals surface area (Å²) in [6, 6.07) is 2.11. The number of carbonyl (C=O) groups excluding carboxylic acids is 1. The first-order valence-electron chi connectivity index (χ1n) is 9.34. The number of alkyl halides is 6. The highest BCUT2D eigenvalue weighted by atomic mass is 19.4. The summed E-state index contributed by atoms with van der Waals surface area (Å²) in [5, 5.41) is 10.1. The lowest BCUT2D eigenvalue weighted by Gasteiger charge is -2.22. The number of amides is 1. The first-order valence-corrected chi connectivity index (χ1v) is 9.34. The van der Waals surface area contributed by atoms with Gasteiger partial charge in [0.2, 0.25) is 0 Å². The van der Waals surface area contributed by atoms with Crippen molar-refractivity contribution in [3.05, 3.63) is 47.3 Å². The summed E-state index contributed by atoms with van der Waals surface area (Å²) in [5.74, 6) is -0.473. The Morgan fingerprint density at radius 3 is 2.47 bits per heavy atom. The number of halogens is 6. The van der Waals surface area contributed by atoms with Gasteiger partial charge >= 0.3 is 12.4 Å². The monoisotopic (exact) mass is 459 g/mol. The van der Waals surface area contributed by atoms with Crippen molar-refractivity contribution in [2.24, 2.45) is 7.05 Å². The number of nitrogens with zero attached hydrogens (tertiary/aromatic N) is 6. The predicted molar refractivity (Wildman–Crippen MR) is 95.9 cm³/mol. The van der Waals surface area contributed by atoms with Gasteiger partial charge < -0.3 is 5.32 Å². The summed E-state index contributed by atoms with van der Waals surface area (Å²) in [7, 11) is 1.22. The SMILES string of the molecule is Cn1nc(C(F)(F)F)cc1C(=O)NC1CCCn2nc(-c3ccnc(C(F)(F)F)c3)nc21. The molecule has 0 aromatic carbocycles. The predicted octanol–water partition coefficient (Wildman–Crippen LogP) is 3.38. The van der Waals surface area contributed by atoms with Crippen LogP contribution in [0.1, 0.15) is 46.6 Å². The Bertz CT molecular complexity index is 1160. The van der Waals surface area contributed by atoms with Crippen LogP contribution in [-0.2, 0) is 25.9 Å². The molecule has 4 rings (SSSR count). The Balaban J connectivity index is 1.60. The molecular weight excluding hydrogens is 444 g/mol. The van der Waals surface area contributed by atoms with Gasteiger partial charge in [-0.2, -0.15) is 36.5 Å². The maximum atomic E-state index is 13.0. The summed E-state index contributed by atoms with van der Waals surface area (Å²) in [4.78, 5) is 20.2. The first-order chi connectivity index (χ1) is 14.9. The zero-order valence-corrected chi connectivity index (χ0v) is 16.4. The van der Waals surface area contributed by atoms with Crippen molar-refractivity contribution in [1.82, 2.24) is 34.8 Å². The van der Waals surface area contributed by atoms with Crippen molar-refractivity contribution in [3.8, 4) is 11.4 Å². The van der Waals surface area contributed by atoms with E-state index < -0.39 is 35.7 Å². The minimum absolute atomic E-state index is 0.0222. The Morgan fingerprint density at radius 1 is 1.09 bits per heavy atom. The molecule has 0 bridgehead atoms. The molecule has 1 N–H and O–H groups in total. The number of fused-ring (bicyclic) bond motifs is 1. The molecule has 8 nitrogen and oxygen atoms in total. The average Bonchev–Trinajstić information content (AvgIpc) is 3.32. The van der Waals surface area contributed by atoms with Crippen LogP contribution in [0.25, 0.3) is 11.4 Å². The van der Waals surface area contributed by atoms with Crippen molar-refractivity contribution in [2.45, 2.75) is 37.8 Å². The molecule has 3 aromatic rings. The normalized spacial score (nSPS) is 16.7. The van der Waals surface area contributed by atoms with E-state index in [2.05, 4.69) is 25.5 Å². The Morgan fingerprint density at radius 2 is 1.81 bits per heavy atom. The molecule has 1 unspecified atom stereocenters. The fraction of sp³-hybridized carbons (Fsp3) is 0.389.